The molecule has 0 spiro atoms. The fraction of sp³-hybridized carbons (Fsp3) is 0.308. The summed E-state index contributed by atoms with van der Waals surface area (Å²) in [6.45, 7) is 12.3. The molecule has 0 aliphatic rings. The number of aryl methyl sites for hydroxylation is 2. The smallest absolute Gasteiger partial charge is 0.251 e. The second-order valence-electron chi connectivity index (χ2n) is 8.60. The molecule has 2 aromatic carbocycles. The monoisotopic (exact) mass is 603 g/mol. The van der Waals surface area contributed by atoms with Gasteiger partial charge in [-0.2, -0.15) is 0 Å². The minimum Gasteiger partial charge on any atom is -0.342 e. The molecule has 0 unspecified atom stereocenters. The highest BCUT2D eigenvalue weighted by atomic mass is 127. The Balaban J connectivity index is 1.75. The molecular weight excluding hydrogens is 573 g/mol. The van der Waals surface area contributed by atoms with Gasteiger partial charge in [-0.1, -0.05) is 49.4 Å². The van der Waals surface area contributed by atoms with E-state index in [4.69, 9.17) is 0 Å². The Morgan fingerprint density at radius 3 is 2.60 bits per heavy atom. The molecule has 0 fully saturated rings. The van der Waals surface area contributed by atoms with Crippen LogP contribution < -0.4 is 10.6 Å². The number of nitrogens with one attached hydrogen (secondary N) is 2. The molecule has 2 amide bonds. The molecule has 3 rings (SSSR count). The molecule has 184 valence electrons. The number of aromatic nitrogens is 3. The van der Waals surface area contributed by atoms with Gasteiger partial charge in [0.25, 0.3) is 5.91 Å². The Kier molecular flexibility index (Phi) is 9.50. The highest BCUT2D eigenvalue weighted by molar-refractivity contribution is 14.1. The fourth-order valence-corrected chi connectivity index (χ4v) is 4.96. The van der Waals surface area contributed by atoms with Gasteiger partial charge < -0.3 is 15.2 Å². The molecule has 0 aliphatic carbocycles. The standard InChI is InChI=1S/C26H30IN5O2S/c1-6-12-32-24(23(16(2)3)29-25(34)19-9-7-8-17(4)13-19)30-31-26(32)35-15-22(33)28-21-11-10-20(27)14-18(21)5/h6-11,13-14,16,23H,1,12,15H2,2-5H3,(H,28,33)(H,29,34)/t23-/m1/s1. The predicted octanol–water partition coefficient (Wildman–Crippen LogP) is 5.54. The summed E-state index contributed by atoms with van der Waals surface area (Å²) in [5, 5.41) is 15.4. The van der Waals surface area contributed by atoms with Crippen LogP contribution in [0.25, 0.3) is 0 Å². The number of amides is 2. The van der Waals surface area contributed by atoms with Crippen LogP contribution in [0.5, 0.6) is 0 Å². The van der Waals surface area contributed by atoms with Crippen LogP contribution in [0, 0.1) is 23.3 Å². The first kappa shape index (κ1) is 26.9. The van der Waals surface area contributed by atoms with Crippen molar-refractivity contribution < 1.29 is 9.59 Å². The zero-order valence-electron chi connectivity index (χ0n) is 20.3. The maximum atomic E-state index is 13.0. The number of rotatable bonds is 10. The van der Waals surface area contributed by atoms with E-state index in [2.05, 4.69) is 50.0 Å². The number of thioether (sulfide) groups is 1. The number of benzene rings is 2. The average Bonchev–Trinajstić information content (AvgIpc) is 3.20. The third kappa shape index (κ3) is 7.17. The molecule has 1 aromatic heterocycles. The largest absolute Gasteiger partial charge is 0.342 e. The Morgan fingerprint density at radius 2 is 1.94 bits per heavy atom. The number of carbonyl (C=O) groups is 2. The lowest BCUT2D eigenvalue weighted by molar-refractivity contribution is -0.113. The number of hydrogen-bond acceptors (Lipinski definition) is 5. The summed E-state index contributed by atoms with van der Waals surface area (Å²) in [7, 11) is 0. The van der Waals surface area contributed by atoms with Gasteiger partial charge in [0.05, 0.1) is 11.8 Å². The minimum absolute atomic E-state index is 0.0709. The van der Waals surface area contributed by atoms with Gasteiger partial charge in [-0.15, -0.1) is 16.8 Å². The normalized spacial score (nSPS) is 11.8. The van der Waals surface area contributed by atoms with E-state index in [1.165, 1.54) is 11.8 Å². The van der Waals surface area contributed by atoms with Crippen molar-refractivity contribution in [2.24, 2.45) is 5.92 Å². The summed E-state index contributed by atoms with van der Waals surface area (Å²) in [6, 6.07) is 13.0. The van der Waals surface area contributed by atoms with Gasteiger partial charge in [-0.25, -0.2) is 0 Å². The van der Waals surface area contributed by atoms with E-state index in [0.29, 0.717) is 23.1 Å². The number of anilines is 1. The van der Waals surface area contributed by atoms with E-state index in [-0.39, 0.29) is 29.5 Å². The molecular formula is C26H30IN5O2S. The lowest BCUT2D eigenvalue weighted by Crippen LogP contribution is -2.34. The van der Waals surface area contributed by atoms with Gasteiger partial charge in [-0.3, -0.25) is 9.59 Å². The molecule has 1 heterocycles. The minimum atomic E-state index is -0.354. The SMILES string of the molecule is C=CCn1c(SCC(=O)Nc2ccc(I)cc2C)nnc1[C@H](NC(=O)c1cccc(C)c1)C(C)C. The van der Waals surface area contributed by atoms with Crippen molar-refractivity contribution >= 4 is 51.9 Å². The maximum Gasteiger partial charge on any atom is 0.251 e. The summed E-state index contributed by atoms with van der Waals surface area (Å²) in [5.41, 5.74) is 3.42. The Bertz CT molecular complexity index is 1220. The van der Waals surface area contributed by atoms with E-state index >= 15 is 0 Å². The lowest BCUT2D eigenvalue weighted by Gasteiger charge is -2.22. The van der Waals surface area contributed by atoms with Crippen LogP contribution in [0.4, 0.5) is 5.69 Å². The van der Waals surface area contributed by atoms with Crippen LogP contribution in [0.1, 0.15) is 47.2 Å². The molecule has 3 aromatic rings. The second kappa shape index (κ2) is 12.3. The zero-order valence-corrected chi connectivity index (χ0v) is 23.3. The first-order valence-corrected chi connectivity index (χ1v) is 13.4. The topological polar surface area (TPSA) is 88.9 Å². The van der Waals surface area contributed by atoms with Crippen molar-refractivity contribution in [3.63, 3.8) is 0 Å². The van der Waals surface area contributed by atoms with E-state index < -0.39 is 0 Å². The van der Waals surface area contributed by atoms with Crippen LogP contribution in [-0.2, 0) is 11.3 Å². The average molecular weight is 604 g/mol. The molecule has 1 atom stereocenters. The molecule has 0 bridgehead atoms. The highest BCUT2D eigenvalue weighted by Gasteiger charge is 2.26. The van der Waals surface area contributed by atoms with Crippen LogP contribution in [0.3, 0.4) is 0 Å². The second-order valence-corrected chi connectivity index (χ2v) is 10.8. The number of halogens is 1. The van der Waals surface area contributed by atoms with E-state index in [9.17, 15) is 9.59 Å². The van der Waals surface area contributed by atoms with Crippen molar-refractivity contribution in [1.29, 1.82) is 0 Å². The first-order valence-electron chi connectivity index (χ1n) is 11.3. The van der Waals surface area contributed by atoms with Crippen molar-refractivity contribution in [3.05, 3.63) is 81.2 Å². The van der Waals surface area contributed by atoms with Crippen molar-refractivity contribution in [2.45, 2.75) is 45.4 Å². The molecule has 0 saturated heterocycles. The molecule has 9 heteroatoms. The summed E-state index contributed by atoms with van der Waals surface area (Å²) >= 11 is 3.55. The molecule has 7 nitrogen and oxygen atoms in total. The molecule has 0 aliphatic heterocycles. The number of nitrogens with zero attached hydrogens (tertiary/aromatic N) is 3. The van der Waals surface area contributed by atoms with Crippen molar-refractivity contribution in [1.82, 2.24) is 20.1 Å². The molecule has 35 heavy (non-hydrogen) atoms. The summed E-state index contributed by atoms with van der Waals surface area (Å²) in [4.78, 5) is 25.6. The Labute approximate surface area is 224 Å². The van der Waals surface area contributed by atoms with Gasteiger partial charge in [-0.05, 0) is 78.3 Å². The number of carbonyl (C=O) groups excluding carboxylic acids is 2. The van der Waals surface area contributed by atoms with E-state index in [1.54, 1.807) is 12.1 Å². The third-order valence-electron chi connectivity index (χ3n) is 5.36. The predicted molar refractivity (Wildman–Crippen MR) is 150 cm³/mol. The van der Waals surface area contributed by atoms with Gasteiger partial charge in [0.15, 0.2) is 11.0 Å². The fourth-order valence-electron chi connectivity index (χ4n) is 3.56. The molecule has 0 saturated carbocycles. The Hall–Kier alpha value is -2.66. The van der Waals surface area contributed by atoms with Gasteiger partial charge in [0.1, 0.15) is 0 Å². The van der Waals surface area contributed by atoms with E-state index in [0.717, 1.165) is 20.4 Å². The highest BCUT2D eigenvalue weighted by Crippen LogP contribution is 2.26. The summed E-state index contributed by atoms with van der Waals surface area (Å²) in [6.07, 6.45) is 1.76. The van der Waals surface area contributed by atoms with Crippen LogP contribution >= 0.6 is 34.4 Å². The van der Waals surface area contributed by atoms with Gasteiger partial charge >= 0.3 is 0 Å². The zero-order chi connectivity index (χ0) is 25.5. The van der Waals surface area contributed by atoms with E-state index in [1.807, 2.05) is 68.7 Å². The quantitative estimate of drug-likeness (QED) is 0.181. The molecule has 2 N–H and O–H groups in total. The summed E-state index contributed by atoms with van der Waals surface area (Å²) < 4.78 is 3.02. The lowest BCUT2D eigenvalue weighted by atomic mass is 10.0. The van der Waals surface area contributed by atoms with Crippen molar-refractivity contribution in [3.8, 4) is 0 Å². The number of hydrogen-bond donors (Lipinski definition) is 2. The Morgan fingerprint density at radius 1 is 1.17 bits per heavy atom. The van der Waals surface area contributed by atoms with Gasteiger partial charge in [0.2, 0.25) is 5.91 Å². The first-order chi connectivity index (χ1) is 16.7. The third-order valence-corrected chi connectivity index (χ3v) is 7.00. The van der Waals surface area contributed by atoms with Crippen LogP contribution in [0.15, 0.2) is 60.3 Å². The van der Waals surface area contributed by atoms with Crippen LogP contribution in [0.2, 0.25) is 0 Å². The maximum absolute atomic E-state index is 13.0. The van der Waals surface area contributed by atoms with Crippen molar-refractivity contribution in [2.75, 3.05) is 11.1 Å². The number of allylic oxidation sites excluding steroid dienone is 1. The molecule has 0 radical (unpaired) electrons. The van der Waals surface area contributed by atoms with Gasteiger partial charge in [0, 0.05) is 21.4 Å². The van der Waals surface area contributed by atoms with Crippen LogP contribution in [-0.4, -0.2) is 32.3 Å². The summed E-state index contributed by atoms with van der Waals surface area (Å²) in [5.74, 6) is 0.603.